The lowest BCUT2D eigenvalue weighted by molar-refractivity contribution is 0.0258. The van der Waals surface area contributed by atoms with Crippen molar-refractivity contribution in [2.75, 3.05) is 0 Å². The van der Waals surface area contributed by atoms with E-state index in [0.29, 0.717) is 5.56 Å². The first-order chi connectivity index (χ1) is 19.7. The van der Waals surface area contributed by atoms with Crippen LogP contribution in [0.3, 0.4) is 0 Å². The largest absolute Gasteiger partial charge is 0.440 e. The van der Waals surface area contributed by atoms with Gasteiger partial charge in [0.05, 0.1) is 5.56 Å². The molecule has 0 spiro atoms. The topological polar surface area (TPSA) is 49.0 Å². The van der Waals surface area contributed by atoms with Gasteiger partial charge in [0.1, 0.15) is 0 Å². The van der Waals surface area contributed by atoms with Crippen LogP contribution in [0.5, 0.6) is 0 Å². The molecule has 206 valence electrons. The summed E-state index contributed by atoms with van der Waals surface area (Å²) in [6.45, 7) is 6.35. The van der Waals surface area contributed by atoms with Gasteiger partial charge in [-0.25, -0.2) is 4.79 Å². The molecule has 0 unspecified atom stereocenters. The first-order valence-electron chi connectivity index (χ1n) is 15.0. The minimum atomic E-state index is -1.08. The number of unbranched alkanes of at least 4 members (excludes halogenated alkanes) is 6. The number of hydrogen-bond donors (Lipinski definition) is 0. The summed E-state index contributed by atoms with van der Waals surface area (Å²) in [6, 6.07) is 18.9. The Labute approximate surface area is 236 Å². The highest BCUT2D eigenvalue weighted by Crippen LogP contribution is 2.51. The number of aromatic nitrogens is 3. The van der Waals surface area contributed by atoms with Gasteiger partial charge < -0.3 is 13.9 Å². The average Bonchev–Trinajstić information content (AvgIpc) is 3.64. The van der Waals surface area contributed by atoms with Gasteiger partial charge in [-0.1, -0.05) is 88.8 Å². The maximum absolute atomic E-state index is 13.5. The summed E-state index contributed by atoms with van der Waals surface area (Å²) >= 11 is 0. The number of cyclic esters (lactones) is 1. The van der Waals surface area contributed by atoms with Gasteiger partial charge in [0.25, 0.3) is 0 Å². The maximum atomic E-state index is 13.5. The van der Waals surface area contributed by atoms with Crippen LogP contribution in [0, 0.1) is 0 Å². The summed E-state index contributed by atoms with van der Waals surface area (Å²) in [6.07, 6.45) is 17.5. The van der Waals surface area contributed by atoms with Crippen LogP contribution in [0.2, 0.25) is 0 Å². The van der Waals surface area contributed by atoms with Crippen LogP contribution in [-0.2, 0) is 23.4 Å². The Morgan fingerprint density at radius 1 is 0.700 bits per heavy atom. The third-order valence-electron chi connectivity index (χ3n) is 8.51. The number of para-hydroxylation sites is 2. The van der Waals surface area contributed by atoms with Crippen molar-refractivity contribution in [3.63, 3.8) is 0 Å². The number of rotatable bonds is 12. The molecular weight excluding hydrogens is 494 g/mol. The fourth-order valence-electron chi connectivity index (χ4n) is 6.49. The number of esters is 1. The van der Waals surface area contributed by atoms with Gasteiger partial charge in [-0.05, 0) is 31.0 Å². The summed E-state index contributed by atoms with van der Waals surface area (Å²) in [7, 11) is 0. The van der Waals surface area contributed by atoms with Gasteiger partial charge in [-0.2, -0.15) is 0 Å². The van der Waals surface area contributed by atoms with E-state index in [-0.39, 0.29) is 5.97 Å². The Morgan fingerprint density at radius 3 is 1.80 bits per heavy atom. The SMILES string of the molecule is CCCCCCn1cc(C2(c3cn(CCCCCC)c4ccccc34)OC(=O)c3ccncc32)c2ccccc21. The molecule has 0 atom stereocenters. The van der Waals surface area contributed by atoms with Gasteiger partial charge >= 0.3 is 5.97 Å². The minimum Gasteiger partial charge on any atom is -0.440 e. The molecule has 5 aromatic rings. The van der Waals surface area contributed by atoms with Crippen LogP contribution in [0.25, 0.3) is 21.8 Å². The van der Waals surface area contributed by atoms with Crippen LogP contribution in [0.1, 0.15) is 92.3 Å². The first kappa shape index (κ1) is 26.4. The number of nitrogens with zero attached hydrogens (tertiary/aromatic N) is 3. The molecule has 0 amide bonds. The molecule has 0 saturated carbocycles. The lowest BCUT2D eigenvalue weighted by Crippen LogP contribution is -2.29. The van der Waals surface area contributed by atoms with Crippen LogP contribution in [-0.4, -0.2) is 20.1 Å². The first-order valence-corrected chi connectivity index (χ1v) is 15.0. The van der Waals surface area contributed by atoms with Crippen molar-refractivity contribution in [2.24, 2.45) is 0 Å². The van der Waals surface area contributed by atoms with Crippen LogP contribution < -0.4 is 0 Å². The second kappa shape index (κ2) is 11.3. The van der Waals surface area contributed by atoms with E-state index in [2.05, 4.69) is 88.9 Å². The van der Waals surface area contributed by atoms with Crippen molar-refractivity contribution in [1.82, 2.24) is 14.1 Å². The number of pyridine rings is 1. The number of fused-ring (bicyclic) bond motifs is 3. The second-order valence-corrected chi connectivity index (χ2v) is 11.1. The predicted molar refractivity (Wildman–Crippen MR) is 162 cm³/mol. The fourth-order valence-corrected chi connectivity index (χ4v) is 6.49. The zero-order chi connectivity index (χ0) is 27.5. The average molecular weight is 534 g/mol. The third kappa shape index (κ3) is 4.42. The zero-order valence-electron chi connectivity index (χ0n) is 23.7. The lowest BCUT2D eigenvalue weighted by atomic mass is 9.80. The van der Waals surface area contributed by atoms with Crippen molar-refractivity contribution in [2.45, 2.75) is 83.9 Å². The van der Waals surface area contributed by atoms with Crippen LogP contribution in [0.4, 0.5) is 0 Å². The van der Waals surface area contributed by atoms with E-state index in [1.807, 2.05) is 6.20 Å². The molecule has 0 aliphatic carbocycles. The Balaban J connectivity index is 1.58. The van der Waals surface area contributed by atoms with E-state index < -0.39 is 5.60 Å². The standard InChI is InChI=1S/C35H39N3O2/c1-3-5-7-13-21-37-24-30(26-15-9-11-17-32(26)37)35(29-23-36-20-19-28(29)34(39)40-35)31-25-38(22-14-8-6-4-2)33-18-12-10-16-27(31)33/h9-12,15-20,23-25H,3-8,13-14,21-22H2,1-2H3. The van der Waals surface area contributed by atoms with E-state index in [1.165, 1.54) is 49.6 Å². The highest BCUT2D eigenvalue weighted by Gasteiger charge is 2.51. The van der Waals surface area contributed by atoms with Crippen molar-refractivity contribution in [1.29, 1.82) is 0 Å². The molecular formula is C35H39N3O2. The molecule has 0 saturated heterocycles. The summed E-state index contributed by atoms with van der Waals surface area (Å²) in [4.78, 5) is 18.0. The number of benzene rings is 2. The molecule has 40 heavy (non-hydrogen) atoms. The van der Waals surface area contributed by atoms with Gasteiger partial charge in [-0.15, -0.1) is 0 Å². The third-order valence-corrected chi connectivity index (χ3v) is 8.51. The molecule has 3 aromatic heterocycles. The van der Waals surface area contributed by atoms with E-state index in [9.17, 15) is 4.79 Å². The number of aryl methyl sites for hydroxylation is 2. The summed E-state index contributed by atoms with van der Waals surface area (Å²) in [5.74, 6) is -0.294. The lowest BCUT2D eigenvalue weighted by Gasteiger charge is -2.29. The van der Waals surface area contributed by atoms with Crippen molar-refractivity contribution < 1.29 is 9.53 Å². The number of hydrogen-bond acceptors (Lipinski definition) is 3. The zero-order valence-corrected chi connectivity index (χ0v) is 23.7. The van der Waals surface area contributed by atoms with Gasteiger partial charge in [0.2, 0.25) is 0 Å². The Morgan fingerprint density at radius 2 is 1.25 bits per heavy atom. The molecule has 2 aromatic carbocycles. The normalized spacial score (nSPS) is 14.2. The van der Waals surface area contributed by atoms with Crippen LogP contribution >= 0.6 is 0 Å². The maximum Gasteiger partial charge on any atom is 0.340 e. The van der Waals surface area contributed by atoms with Crippen molar-refractivity contribution in [3.05, 3.63) is 102 Å². The Hall–Kier alpha value is -3.86. The second-order valence-electron chi connectivity index (χ2n) is 11.1. The highest BCUT2D eigenvalue weighted by molar-refractivity contribution is 6.00. The molecule has 5 nitrogen and oxygen atoms in total. The van der Waals surface area contributed by atoms with E-state index in [0.717, 1.165) is 53.4 Å². The van der Waals surface area contributed by atoms with E-state index in [1.54, 1.807) is 12.3 Å². The monoisotopic (exact) mass is 533 g/mol. The van der Waals surface area contributed by atoms with Crippen LogP contribution in [0.15, 0.2) is 79.4 Å². The van der Waals surface area contributed by atoms with Gasteiger partial charge in [0, 0.05) is 76.4 Å². The molecule has 0 radical (unpaired) electrons. The predicted octanol–water partition coefficient (Wildman–Crippen LogP) is 8.61. The highest BCUT2D eigenvalue weighted by atomic mass is 16.6. The molecule has 6 rings (SSSR count). The molecule has 1 aliphatic heterocycles. The molecule has 0 fully saturated rings. The van der Waals surface area contributed by atoms with Crippen molar-refractivity contribution >= 4 is 27.8 Å². The number of ether oxygens (including phenoxy) is 1. The number of carbonyl (C=O) groups is 1. The molecule has 0 N–H and O–H groups in total. The summed E-state index contributed by atoms with van der Waals surface area (Å²) in [5, 5.41) is 2.23. The van der Waals surface area contributed by atoms with Gasteiger partial charge in [0.15, 0.2) is 5.60 Å². The minimum absolute atomic E-state index is 0.294. The van der Waals surface area contributed by atoms with E-state index >= 15 is 0 Å². The fraction of sp³-hybridized carbons (Fsp3) is 0.371. The Kier molecular flexibility index (Phi) is 7.46. The summed E-state index contributed by atoms with van der Waals surface area (Å²) in [5.41, 5.74) is 4.69. The molecule has 0 bridgehead atoms. The quantitative estimate of drug-likeness (QED) is 0.119. The smallest absolute Gasteiger partial charge is 0.340 e. The number of carbonyl (C=O) groups excluding carboxylic acids is 1. The Bertz CT molecular complexity index is 1550. The molecule has 1 aliphatic rings. The van der Waals surface area contributed by atoms with Crippen molar-refractivity contribution in [3.8, 4) is 0 Å². The van der Waals surface area contributed by atoms with Gasteiger partial charge in [-0.3, -0.25) is 4.98 Å². The summed E-state index contributed by atoms with van der Waals surface area (Å²) < 4.78 is 11.3. The van der Waals surface area contributed by atoms with E-state index in [4.69, 9.17) is 4.74 Å². The molecule has 5 heteroatoms. The molecule has 4 heterocycles.